The van der Waals surface area contributed by atoms with Crippen LogP contribution in [0.4, 0.5) is 0 Å². The standard InChI is InChI=1S/C10H19N3OS/c1-10(2)7-15-9(12-10)11-6-5-8(14)13(3)4/h5-7H2,1-4H3,(H,11,12). The SMILES string of the molecule is CN(C)C(=O)CCN=C1NC(C)(C)CS1. The number of hydrogen-bond acceptors (Lipinski definition) is 3. The largest absolute Gasteiger partial charge is 0.359 e. The number of carbonyl (C=O) groups is 1. The number of nitrogens with one attached hydrogen (secondary N) is 1. The fourth-order valence-electron chi connectivity index (χ4n) is 1.17. The van der Waals surface area contributed by atoms with E-state index in [0.29, 0.717) is 13.0 Å². The minimum atomic E-state index is 0.126. The highest BCUT2D eigenvalue weighted by molar-refractivity contribution is 8.14. The van der Waals surface area contributed by atoms with Crippen molar-refractivity contribution in [2.24, 2.45) is 4.99 Å². The van der Waals surface area contributed by atoms with Gasteiger partial charge in [-0.3, -0.25) is 9.79 Å². The van der Waals surface area contributed by atoms with Crippen LogP contribution < -0.4 is 5.32 Å². The number of hydrogen-bond donors (Lipinski definition) is 1. The average molecular weight is 229 g/mol. The van der Waals surface area contributed by atoms with Gasteiger partial charge in [0.25, 0.3) is 0 Å². The van der Waals surface area contributed by atoms with Gasteiger partial charge >= 0.3 is 0 Å². The predicted molar refractivity (Wildman–Crippen MR) is 65.3 cm³/mol. The van der Waals surface area contributed by atoms with Crippen molar-refractivity contribution in [1.82, 2.24) is 10.2 Å². The Balaban J connectivity index is 2.31. The Morgan fingerprint density at radius 2 is 2.27 bits per heavy atom. The van der Waals surface area contributed by atoms with Crippen molar-refractivity contribution >= 4 is 22.8 Å². The number of amidine groups is 1. The van der Waals surface area contributed by atoms with Gasteiger partial charge in [-0.2, -0.15) is 0 Å². The lowest BCUT2D eigenvalue weighted by atomic mass is 10.1. The van der Waals surface area contributed by atoms with Gasteiger partial charge in [-0.1, -0.05) is 11.8 Å². The van der Waals surface area contributed by atoms with Crippen molar-refractivity contribution in [3.63, 3.8) is 0 Å². The zero-order valence-electron chi connectivity index (χ0n) is 9.83. The van der Waals surface area contributed by atoms with Crippen LogP contribution in [0.2, 0.25) is 0 Å². The highest BCUT2D eigenvalue weighted by atomic mass is 32.2. The number of thioether (sulfide) groups is 1. The maximum atomic E-state index is 11.3. The summed E-state index contributed by atoms with van der Waals surface area (Å²) in [4.78, 5) is 17.2. The van der Waals surface area contributed by atoms with E-state index in [9.17, 15) is 4.79 Å². The predicted octanol–water partition coefficient (Wildman–Crippen LogP) is 0.936. The zero-order valence-corrected chi connectivity index (χ0v) is 10.6. The first-order valence-electron chi connectivity index (χ1n) is 5.06. The molecule has 0 aromatic rings. The lowest BCUT2D eigenvalue weighted by Gasteiger charge is -2.15. The Labute approximate surface area is 95.5 Å². The Hall–Kier alpha value is -0.710. The van der Waals surface area contributed by atoms with E-state index in [-0.39, 0.29) is 11.4 Å². The molecule has 0 aromatic heterocycles. The van der Waals surface area contributed by atoms with E-state index in [1.54, 1.807) is 30.8 Å². The molecule has 1 saturated heterocycles. The van der Waals surface area contributed by atoms with Crippen molar-refractivity contribution < 1.29 is 4.79 Å². The number of rotatable bonds is 3. The Morgan fingerprint density at radius 3 is 2.73 bits per heavy atom. The van der Waals surface area contributed by atoms with Gasteiger partial charge in [0.1, 0.15) is 0 Å². The second-order valence-electron chi connectivity index (χ2n) is 4.52. The second-order valence-corrected chi connectivity index (χ2v) is 5.49. The van der Waals surface area contributed by atoms with Crippen LogP contribution in [-0.4, -0.2) is 47.9 Å². The molecular formula is C10H19N3OS. The van der Waals surface area contributed by atoms with Crippen molar-refractivity contribution in [3.8, 4) is 0 Å². The molecule has 0 bridgehead atoms. The smallest absolute Gasteiger partial charge is 0.223 e. The first-order valence-corrected chi connectivity index (χ1v) is 6.05. The molecule has 0 unspecified atom stereocenters. The van der Waals surface area contributed by atoms with E-state index < -0.39 is 0 Å². The van der Waals surface area contributed by atoms with Crippen molar-refractivity contribution in [1.29, 1.82) is 0 Å². The van der Waals surface area contributed by atoms with E-state index in [2.05, 4.69) is 24.2 Å². The van der Waals surface area contributed by atoms with Crippen molar-refractivity contribution in [3.05, 3.63) is 0 Å². The van der Waals surface area contributed by atoms with E-state index in [1.165, 1.54) is 0 Å². The highest BCUT2D eigenvalue weighted by Gasteiger charge is 2.26. The van der Waals surface area contributed by atoms with Crippen molar-refractivity contribution in [2.75, 3.05) is 26.4 Å². The zero-order chi connectivity index (χ0) is 11.5. The molecule has 1 heterocycles. The summed E-state index contributed by atoms with van der Waals surface area (Å²) in [6.07, 6.45) is 0.485. The highest BCUT2D eigenvalue weighted by Crippen LogP contribution is 2.21. The molecule has 1 aliphatic heterocycles. The van der Waals surface area contributed by atoms with Crippen LogP contribution in [0.15, 0.2) is 4.99 Å². The van der Waals surface area contributed by atoms with Gasteiger partial charge in [-0.05, 0) is 13.8 Å². The monoisotopic (exact) mass is 229 g/mol. The van der Waals surface area contributed by atoms with Crippen LogP contribution in [-0.2, 0) is 4.79 Å². The van der Waals surface area contributed by atoms with Gasteiger partial charge in [0.2, 0.25) is 5.91 Å². The lowest BCUT2D eigenvalue weighted by Crippen LogP contribution is -2.37. The minimum Gasteiger partial charge on any atom is -0.359 e. The number of aliphatic imine (C=N–C) groups is 1. The Kier molecular flexibility index (Phi) is 4.02. The van der Waals surface area contributed by atoms with Gasteiger partial charge < -0.3 is 10.2 Å². The number of nitrogens with zero attached hydrogens (tertiary/aromatic N) is 2. The molecule has 1 N–H and O–H groups in total. The summed E-state index contributed by atoms with van der Waals surface area (Å²) in [6.45, 7) is 4.86. The molecule has 0 aromatic carbocycles. The van der Waals surface area contributed by atoms with Crippen LogP contribution in [0.25, 0.3) is 0 Å². The van der Waals surface area contributed by atoms with Crippen LogP contribution >= 0.6 is 11.8 Å². The van der Waals surface area contributed by atoms with Gasteiger partial charge in [0.15, 0.2) is 5.17 Å². The third-order valence-electron chi connectivity index (χ3n) is 2.09. The normalized spacial score (nSPS) is 21.5. The molecule has 1 fully saturated rings. The molecule has 15 heavy (non-hydrogen) atoms. The molecule has 5 heteroatoms. The van der Waals surface area contributed by atoms with E-state index in [4.69, 9.17) is 0 Å². The Morgan fingerprint density at radius 1 is 1.60 bits per heavy atom. The maximum absolute atomic E-state index is 11.3. The summed E-state index contributed by atoms with van der Waals surface area (Å²) >= 11 is 1.72. The van der Waals surface area contributed by atoms with Gasteiger partial charge in [-0.25, -0.2) is 0 Å². The summed E-state index contributed by atoms with van der Waals surface area (Å²) in [7, 11) is 3.53. The molecule has 4 nitrogen and oxygen atoms in total. The third kappa shape index (κ3) is 4.11. The summed E-state index contributed by atoms with van der Waals surface area (Å²) in [6, 6.07) is 0. The molecule has 0 spiro atoms. The average Bonchev–Trinajstić information content (AvgIpc) is 2.45. The van der Waals surface area contributed by atoms with Crippen LogP contribution in [0.5, 0.6) is 0 Å². The molecule has 0 radical (unpaired) electrons. The summed E-state index contributed by atoms with van der Waals surface area (Å²) in [5, 5.41) is 4.29. The quantitative estimate of drug-likeness (QED) is 0.783. The molecule has 0 aliphatic carbocycles. The first kappa shape index (κ1) is 12.4. The fourth-order valence-corrected chi connectivity index (χ4v) is 2.27. The number of amides is 1. The molecule has 86 valence electrons. The molecule has 0 atom stereocenters. The second kappa shape index (κ2) is 4.88. The minimum absolute atomic E-state index is 0.126. The summed E-state index contributed by atoms with van der Waals surface area (Å²) < 4.78 is 0. The lowest BCUT2D eigenvalue weighted by molar-refractivity contribution is -0.128. The topological polar surface area (TPSA) is 44.7 Å². The van der Waals surface area contributed by atoms with Crippen molar-refractivity contribution in [2.45, 2.75) is 25.8 Å². The van der Waals surface area contributed by atoms with E-state index in [1.807, 2.05) is 0 Å². The molecule has 1 aliphatic rings. The number of carbonyl (C=O) groups excluding carboxylic acids is 1. The third-order valence-corrected chi connectivity index (χ3v) is 3.47. The molecule has 1 rings (SSSR count). The Bertz CT molecular complexity index is 274. The fraction of sp³-hybridized carbons (Fsp3) is 0.800. The van der Waals surface area contributed by atoms with Gasteiger partial charge in [-0.15, -0.1) is 0 Å². The van der Waals surface area contributed by atoms with Crippen LogP contribution in [0.3, 0.4) is 0 Å². The first-order chi connectivity index (χ1) is 6.91. The van der Waals surface area contributed by atoms with Gasteiger partial charge in [0, 0.05) is 31.8 Å². The molecule has 1 amide bonds. The van der Waals surface area contributed by atoms with E-state index in [0.717, 1.165) is 10.9 Å². The molecule has 0 saturated carbocycles. The summed E-state index contributed by atoms with van der Waals surface area (Å²) in [5.41, 5.74) is 0.134. The summed E-state index contributed by atoms with van der Waals surface area (Å²) in [5.74, 6) is 1.16. The maximum Gasteiger partial charge on any atom is 0.223 e. The van der Waals surface area contributed by atoms with Gasteiger partial charge in [0.05, 0.1) is 6.54 Å². The molecular weight excluding hydrogens is 210 g/mol. The van der Waals surface area contributed by atoms with Crippen LogP contribution in [0, 0.1) is 0 Å². The van der Waals surface area contributed by atoms with E-state index >= 15 is 0 Å². The van der Waals surface area contributed by atoms with Crippen LogP contribution in [0.1, 0.15) is 20.3 Å².